The minimum Gasteiger partial charge on any atom is -0.477 e. The van der Waals surface area contributed by atoms with E-state index < -0.39 is 17.6 Å². The van der Waals surface area contributed by atoms with Gasteiger partial charge in [0.05, 0.1) is 5.02 Å². The van der Waals surface area contributed by atoms with Gasteiger partial charge in [-0.2, -0.15) is 0 Å². The van der Waals surface area contributed by atoms with E-state index in [0.717, 1.165) is 6.07 Å². The molecule has 0 spiro atoms. The second-order valence-corrected chi connectivity index (χ2v) is 2.54. The molecule has 0 saturated heterocycles. The number of carboxylic acid groups (broad SMARTS) is 2. The standard InChI is InChI=1S/C7H4ClNO4/c8-3-1-2-4(6(10)11)9-5(3)7(12)13/h1-2H,(H,10,11)(H,12,13). The molecule has 0 fully saturated rings. The summed E-state index contributed by atoms with van der Waals surface area (Å²) in [7, 11) is 0. The topological polar surface area (TPSA) is 87.5 Å². The van der Waals surface area contributed by atoms with Crippen LogP contribution in [0.15, 0.2) is 12.1 Å². The Labute approximate surface area is 77.6 Å². The van der Waals surface area contributed by atoms with E-state index in [4.69, 9.17) is 21.8 Å². The third-order valence-electron chi connectivity index (χ3n) is 1.27. The molecule has 0 aliphatic heterocycles. The molecule has 1 aromatic rings. The maximum atomic E-state index is 10.5. The van der Waals surface area contributed by atoms with E-state index in [-0.39, 0.29) is 10.7 Å². The van der Waals surface area contributed by atoms with Crippen molar-refractivity contribution in [2.24, 2.45) is 0 Å². The number of hydrogen-bond acceptors (Lipinski definition) is 3. The van der Waals surface area contributed by atoms with Crippen molar-refractivity contribution in [3.05, 3.63) is 28.5 Å². The summed E-state index contributed by atoms with van der Waals surface area (Å²) >= 11 is 5.46. The fraction of sp³-hybridized carbons (Fsp3) is 0. The minimum absolute atomic E-state index is 0.0856. The number of halogens is 1. The Balaban J connectivity index is 3.27. The molecule has 0 amide bonds. The van der Waals surface area contributed by atoms with Crippen molar-refractivity contribution in [1.29, 1.82) is 0 Å². The molecule has 68 valence electrons. The Morgan fingerprint density at radius 3 is 2.31 bits per heavy atom. The van der Waals surface area contributed by atoms with Gasteiger partial charge in [0.1, 0.15) is 5.69 Å². The molecule has 0 aromatic carbocycles. The van der Waals surface area contributed by atoms with Crippen molar-refractivity contribution in [3.63, 3.8) is 0 Å². The summed E-state index contributed by atoms with van der Waals surface area (Å²) in [5.41, 5.74) is -0.802. The van der Waals surface area contributed by atoms with Crippen LogP contribution in [-0.4, -0.2) is 27.1 Å². The van der Waals surface area contributed by atoms with E-state index in [1.807, 2.05) is 0 Å². The number of aromatic carboxylic acids is 2. The first-order valence-corrected chi connectivity index (χ1v) is 3.53. The fourth-order valence-electron chi connectivity index (χ4n) is 0.711. The largest absolute Gasteiger partial charge is 0.477 e. The van der Waals surface area contributed by atoms with Crippen molar-refractivity contribution in [3.8, 4) is 0 Å². The normalized spacial score (nSPS) is 9.62. The highest BCUT2D eigenvalue weighted by Crippen LogP contribution is 2.13. The third-order valence-corrected chi connectivity index (χ3v) is 1.57. The van der Waals surface area contributed by atoms with Crippen molar-refractivity contribution >= 4 is 23.5 Å². The molecule has 0 atom stereocenters. The Kier molecular flexibility index (Phi) is 2.48. The van der Waals surface area contributed by atoms with Crippen LogP contribution in [0.4, 0.5) is 0 Å². The summed E-state index contributed by atoms with van der Waals surface area (Å²) in [6.45, 7) is 0. The highest BCUT2D eigenvalue weighted by molar-refractivity contribution is 6.33. The quantitative estimate of drug-likeness (QED) is 0.749. The molecule has 1 rings (SSSR count). The molecule has 13 heavy (non-hydrogen) atoms. The zero-order chi connectivity index (χ0) is 10.0. The second-order valence-electron chi connectivity index (χ2n) is 2.14. The van der Waals surface area contributed by atoms with Crippen molar-refractivity contribution in [2.45, 2.75) is 0 Å². The van der Waals surface area contributed by atoms with Gasteiger partial charge in [-0.1, -0.05) is 11.6 Å². The molecular formula is C7H4ClNO4. The molecule has 0 radical (unpaired) electrons. The van der Waals surface area contributed by atoms with E-state index >= 15 is 0 Å². The van der Waals surface area contributed by atoms with Gasteiger partial charge in [-0.3, -0.25) is 0 Å². The third kappa shape index (κ3) is 1.94. The first kappa shape index (κ1) is 9.47. The molecule has 2 N–H and O–H groups in total. The van der Waals surface area contributed by atoms with Crippen molar-refractivity contribution in [2.75, 3.05) is 0 Å². The predicted molar refractivity (Wildman–Crippen MR) is 43.2 cm³/mol. The van der Waals surface area contributed by atoms with Crippen LogP contribution in [0.25, 0.3) is 0 Å². The van der Waals surface area contributed by atoms with Crippen LogP contribution in [-0.2, 0) is 0 Å². The monoisotopic (exact) mass is 201 g/mol. The Morgan fingerprint density at radius 2 is 1.85 bits per heavy atom. The number of carbonyl (C=O) groups is 2. The highest BCUT2D eigenvalue weighted by Gasteiger charge is 2.14. The molecule has 6 heteroatoms. The Bertz CT molecular complexity index is 377. The maximum Gasteiger partial charge on any atom is 0.356 e. The number of carboxylic acids is 2. The lowest BCUT2D eigenvalue weighted by Crippen LogP contribution is -2.07. The summed E-state index contributed by atoms with van der Waals surface area (Å²) in [6.07, 6.45) is 0. The molecule has 0 unspecified atom stereocenters. The average molecular weight is 202 g/mol. The zero-order valence-electron chi connectivity index (χ0n) is 6.19. The predicted octanol–water partition coefficient (Wildman–Crippen LogP) is 1.13. The highest BCUT2D eigenvalue weighted by atomic mass is 35.5. The summed E-state index contributed by atoms with van der Waals surface area (Å²) in [5, 5.41) is 16.9. The maximum absolute atomic E-state index is 10.5. The van der Waals surface area contributed by atoms with Crippen LogP contribution in [0.5, 0.6) is 0 Å². The van der Waals surface area contributed by atoms with Gasteiger partial charge in [-0.05, 0) is 12.1 Å². The molecule has 5 nitrogen and oxygen atoms in total. The smallest absolute Gasteiger partial charge is 0.356 e. The van der Waals surface area contributed by atoms with E-state index in [2.05, 4.69) is 4.98 Å². The summed E-state index contributed by atoms with van der Waals surface area (Å²) in [6, 6.07) is 2.32. The first-order chi connectivity index (χ1) is 6.02. The molecule has 0 saturated carbocycles. The van der Waals surface area contributed by atoms with Crippen LogP contribution in [0, 0.1) is 0 Å². The Hall–Kier alpha value is -1.62. The average Bonchev–Trinajstić information content (AvgIpc) is 2.04. The molecule has 0 bridgehead atoms. The first-order valence-electron chi connectivity index (χ1n) is 3.15. The van der Waals surface area contributed by atoms with Gasteiger partial charge < -0.3 is 10.2 Å². The zero-order valence-corrected chi connectivity index (χ0v) is 6.95. The molecule has 0 aliphatic carbocycles. The van der Waals surface area contributed by atoms with E-state index in [9.17, 15) is 9.59 Å². The van der Waals surface area contributed by atoms with Gasteiger partial charge in [0.15, 0.2) is 5.69 Å². The molecule has 0 aliphatic rings. The lowest BCUT2D eigenvalue weighted by Gasteiger charge is -1.98. The summed E-state index contributed by atoms with van der Waals surface area (Å²) < 4.78 is 0. The van der Waals surface area contributed by atoms with Crippen LogP contribution in [0.3, 0.4) is 0 Å². The number of nitrogens with zero attached hydrogens (tertiary/aromatic N) is 1. The fourth-order valence-corrected chi connectivity index (χ4v) is 0.897. The van der Waals surface area contributed by atoms with Crippen LogP contribution < -0.4 is 0 Å². The van der Waals surface area contributed by atoms with Crippen molar-refractivity contribution < 1.29 is 19.8 Å². The van der Waals surface area contributed by atoms with Crippen molar-refractivity contribution in [1.82, 2.24) is 4.98 Å². The van der Waals surface area contributed by atoms with Crippen LogP contribution >= 0.6 is 11.6 Å². The van der Waals surface area contributed by atoms with Crippen LogP contribution in [0.1, 0.15) is 21.0 Å². The Morgan fingerprint density at radius 1 is 1.23 bits per heavy atom. The number of hydrogen-bond donors (Lipinski definition) is 2. The van der Waals surface area contributed by atoms with Gasteiger partial charge in [-0.25, -0.2) is 14.6 Å². The summed E-state index contributed by atoms with van der Waals surface area (Å²) in [5.74, 6) is -2.65. The number of rotatable bonds is 2. The van der Waals surface area contributed by atoms with E-state index in [0.29, 0.717) is 0 Å². The second kappa shape index (κ2) is 3.40. The summed E-state index contributed by atoms with van der Waals surface area (Å²) in [4.78, 5) is 24.2. The molecule has 1 heterocycles. The van der Waals surface area contributed by atoms with E-state index in [1.54, 1.807) is 0 Å². The van der Waals surface area contributed by atoms with Gasteiger partial charge in [0.2, 0.25) is 0 Å². The molecular weight excluding hydrogens is 198 g/mol. The van der Waals surface area contributed by atoms with Gasteiger partial charge in [-0.15, -0.1) is 0 Å². The SMILES string of the molecule is O=C(O)c1ccc(Cl)c(C(=O)O)n1. The van der Waals surface area contributed by atoms with E-state index in [1.165, 1.54) is 6.07 Å². The lowest BCUT2D eigenvalue weighted by atomic mass is 10.3. The van der Waals surface area contributed by atoms with Gasteiger partial charge >= 0.3 is 11.9 Å². The minimum atomic E-state index is -1.35. The van der Waals surface area contributed by atoms with Crippen LogP contribution in [0.2, 0.25) is 5.02 Å². The molecule has 1 aromatic heterocycles. The van der Waals surface area contributed by atoms with Gasteiger partial charge in [0.25, 0.3) is 0 Å². The number of aromatic nitrogens is 1. The number of pyridine rings is 1. The lowest BCUT2D eigenvalue weighted by molar-refractivity contribution is 0.0685. The van der Waals surface area contributed by atoms with Gasteiger partial charge in [0, 0.05) is 0 Å².